The van der Waals surface area contributed by atoms with Crippen LogP contribution in [0.1, 0.15) is 26.2 Å². The van der Waals surface area contributed by atoms with Crippen LogP contribution in [0.15, 0.2) is 22.6 Å². The number of oxazole rings is 1. The van der Waals surface area contributed by atoms with Crippen LogP contribution in [0.2, 0.25) is 0 Å². The first kappa shape index (κ1) is 15.2. The van der Waals surface area contributed by atoms with Crippen molar-refractivity contribution in [3.05, 3.63) is 33.2 Å². The molecule has 0 fully saturated rings. The van der Waals surface area contributed by atoms with Crippen LogP contribution in [0.4, 0.5) is 10.5 Å². The van der Waals surface area contributed by atoms with Gasteiger partial charge >= 0.3 is 6.09 Å². The highest BCUT2D eigenvalue weighted by molar-refractivity contribution is 7.71. The third-order valence-electron chi connectivity index (χ3n) is 2.93. The molecule has 0 aliphatic carbocycles. The molecule has 0 atom stereocenters. The van der Waals surface area contributed by atoms with E-state index < -0.39 is 11.0 Å². The first-order chi connectivity index (χ1) is 10.0. The molecule has 0 aliphatic heterocycles. The molecule has 0 amide bonds. The summed E-state index contributed by atoms with van der Waals surface area (Å²) in [5.41, 5.74) is 0.386. The van der Waals surface area contributed by atoms with Crippen molar-refractivity contribution in [2.45, 2.75) is 26.2 Å². The number of nitrogens with zero attached hydrogens (tertiary/aromatic N) is 2. The highest BCUT2D eigenvalue weighted by atomic mass is 32.1. The molecule has 1 aromatic carbocycles. The van der Waals surface area contributed by atoms with Crippen LogP contribution in [0.5, 0.6) is 0 Å². The van der Waals surface area contributed by atoms with Gasteiger partial charge in [-0.3, -0.25) is 10.1 Å². The molecule has 2 rings (SSSR count). The fourth-order valence-corrected chi connectivity index (χ4v) is 2.13. The van der Waals surface area contributed by atoms with E-state index >= 15 is 0 Å². The van der Waals surface area contributed by atoms with Crippen LogP contribution in [-0.2, 0) is 4.74 Å². The van der Waals surface area contributed by atoms with Crippen molar-refractivity contribution in [3.63, 3.8) is 0 Å². The van der Waals surface area contributed by atoms with Crippen LogP contribution in [0, 0.1) is 15.0 Å². The van der Waals surface area contributed by atoms with E-state index in [4.69, 9.17) is 21.4 Å². The van der Waals surface area contributed by atoms with Crippen LogP contribution in [0.25, 0.3) is 11.1 Å². The molecule has 21 heavy (non-hydrogen) atoms. The minimum atomic E-state index is -0.685. The highest BCUT2D eigenvalue weighted by Crippen LogP contribution is 2.23. The zero-order valence-electron chi connectivity index (χ0n) is 11.4. The molecular formula is C13H14N2O5S. The molecular weight excluding hydrogens is 296 g/mol. The second kappa shape index (κ2) is 6.49. The number of ether oxygens (including phenoxy) is 1. The minimum absolute atomic E-state index is 0.0917. The maximum absolute atomic E-state index is 12.0. The van der Waals surface area contributed by atoms with Crippen molar-refractivity contribution in [2.75, 3.05) is 6.61 Å². The highest BCUT2D eigenvalue weighted by Gasteiger charge is 2.18. The van der Waals surface area contributed by atoms with Gasteiger partial charge < -0.3 is 9.15 Å². The number of nitro benzene ring substituents is 1. The zero-order valence-corrected chi connectivity index (χ0v) is 12.2. The van der Waals surface area contributed by atoms with Gasteiger partial charge in [0.05, 0.1) is 11.5 Å². The Labute approximate surface area is 125 Å². The summed E-state index contributed by atoms with van der Waals surface area (Å²) in [6, 6.07) is 3.93. The Balaban J connectivity index is 2.31. The summed E-state index contributed by atoms with van der Waals surface area (Å²) in [4.78, 5) is 22.2. The summed E-state index contributed by atoms with van der Waals surface area (Å²) in [7, 11) is 0. The Kier molecular flexibility index (Phi) is 4.69. The first-order valence-electron chi connectivity index (χ1n) is 6.51. The summed E-state index contributed by atoms with van der Waals surface area (Å²) in [6.45, 7) is 2.32. The van der Waals surface area contributed by atoms with E-state index in [1.807, 2.05) is 6.92 Å². The summed E-state index contributed by atoms with van der Waals surface area (Å²) < 4.78 is 11.4. The molecule has 0 bridgehead atoms. The monoisotopic (exact) mass is 310 g/mol. The number of benzene rings is 1. The van der Waals surface area contributed by atoms with Gasteiger partial charge in [-0.2, -0.15) is 0 Å². The first-order valence-corrected chi connectivity index (χ1v) is 6.92. The van der Waals surface area contributed by atoms with Gasteiger partial charge in [0.25, 0.3) is 10.5 Å². The topological polar surface area (TPSA) is 87.5 Å². The molecule has 112 valence electrons. The molecule has 1 aromatic heterocycles. The van der Waals surface area contributed by atoms with Gasteiger partial charge in [-0.25, -0.2) is 9.36 Å². The van der Waals surface area contributed by atoms with E-state index in [0.717, 1.165) is 23.8 Å². The molecule has 2 aromatic rings. The molecule has 0 aliphatic rings. The fraction of sp³-hybridized carbons (Fsp3) is 0.385. The van der Waals surface area contributed by atoms with Crippen LogP contribution in [-0.4, -0.2) is 22.2 Å². The van der Waals surface area contributed by atoms with Gasteiger partial charge in [0.15, 0.2) is 5.58 Å². The van der Waals surface area contributed by atoms with Crippen molar-refractivity contribution in [1.29, 1.82) is 0 Å². The van der Waals surface area contributed by atoms with Crippen LogP contribution in [0.3, 0.4) is 0 Å². The Bertz CT molecular complexity index is 734. The van der Waals surface area contributed by atoms with Crippen molar-refractivity contribution < 1.29 is 18.9 Å². The number of hydrogen-bond donors (Lipinski definition) is 0. The Morgan fingerprint density at radius 1 is 1.48 bits per heavy atom. The van der Waals surface area contributed by atoms with E-state index in [2.05, 4.69) is 0 Å². The lowest BCUT2D eigenvalue weighted by molar-refractivity contribution is -0.384. The fourth-order valence-electron chi connectivity index (χ4n) is 1.87. The van der Waals surface area contributed by atoms with Gasteiger partial charge in [-0.1, -0.05) is 19.8 Å². The number of hydrogen-bond acceptors (Lipinski definition) is 6. The second-order valence-electron chi connectivity index (χ2n) is 4.43. The van der Waals surface area contributed by atoms with Gasteiger partial charge in [0, 0.05) is 12.1 Å². The predicted molar refractivity (Wildman–Crippen MR) is 78.0 cm³/mol. The lowest BCUT2D eigenvalue weighted by atomic mass is 10.3. The van der Waals surface area contributed by atoms with Crippen molar-refractivity contribution in [3.8, 4) is 0 Å². The van der Waals surface area contributed by atoms with E-state index in [1.165, 1.54) is 18.2 Å². The lowest BCUT2D eigenvalue weighted by Crippen LogP contribution is -2.14. The van der Waals surface area contributed by atoms with Crippen molar-refractivity contribution >= 4 is 35.1 Å². The number of rotatable bonds is 5. The molecule has 0 unspecified atom stereocenters. The van der Waals surface area contributed by atoms with Crippen LogP contribution >= 0.6 is 12.2 Å². The molecule has 0 saturated carbocycles. The number of nitro groups is 1. The molecule has 1 heterocycles. The third-order valence-corrected chi connectivity index (χ3v) is 3.20. The Morgan fingerprint density at radius 2 is 2.24 bits per heavy atom. The second-order valence-corrected chi connectivity index (χ2v) is 4.78. The number of unbranched alkanes of at least 4 members (excludes halogenated alkanes) is 2. The van der Waals surface area contributed by atoms with Gasteiger partial charge in [-0.05, 0) is 24.7 Å². The third kappa shape index (κ3) is 3.27. The largest absolute Gasteiger partial charge is 0.449 e. The molecule has 0 spiro atoms. The normalized spacial score (nSPS) is 10.7. The quantitative estimate of drug-likeness (QED) is 0.358. The summed E-state index contributed by atoms with van der Waals surface area (Å²) in [5, 5.41) is 10.8. The average molecular weight is 310 g/mol. The average Bonchev–Trinajstić information content (AvgIpc) is 2.78. The molecule has 0 N–H and O–H groups in total. The Morgan fingerprint density at radius 3 is 2.90 bits per heavy atom. The summed E-state index contributed by atoms with van der Waals surface area (Å²) in [5.74, 6) is 0. The smallest absolute Gasteiger partial charge is 0.422 e. The van der Waals surface area contributed by atoms with Gasteiger partial charge in [0.2, 0.25) is 0 Å². The number of carbonyl (C=O) groups is 1. The Hall–Kier alpha value is -2.22. The summed E-state index contributed by atoms with van der Waals surface area (Å²) in [6.07, 6.45) is 2.04. The number of non-ortho nitro benzene ring substituents is 1. The number of carbonyl (C=O) groups excluding carboxylic acids is 1. The predicted octanol–water partition coefficient (Wildman–Crippen LogP) is 4.05. The lowest BCUT2D eigenvalue weighted by Gasteiger charge is -2.04. The van der Waals surface area contributed by atoms with Crippen molar-refractivity contribution in [2.24, 2.45) is 0 Å². The SMILES string of the molecule is CCCCCOC(=O)n1c(=S)oc2ccc([N+](=O)[O-])cc21. The van der Waals surface area contributed by atoms with Gasteiger partial charge in [0.1, 0.15) is 5.52 Å². The standard InChI is InChI=1S/C13H14N2O5S/c1-2-3-4-7-19-12(16)14-10-8-9(15(17)18)5-6-11(10)20-13(14)21/h5-6,8H,2-4,7H2,1H3. The number of fused-ring (bicyclic) bond motifs is 1. The number of aromatic nitrogens is 1. The zero-order chi connectivity index (χ0) is 15.4. The molecule has 8 heteroatoms. The maximum atomic E-state index is 12.0. The molecule has 7 nitrogen and oxygen atoms in total. The maximum Gasteiger partial charge on any atom is 0.422 e. The summed E-state index contributed by atoms with van der Waals surface area (Å²) >= 11 is 4.97. The van der Waals surface area contributed by atoms with E-state index in [1.54, 1.807) is 0 Å². The molecule has 0 radical (unpaired) electrons. The van der Waals surface area contributed by atoms with Crippen LogP contribution < -0.4 is 0 Å². The van der Waals surface area contributed by atoms with Gasteiger partial charge in [-0.15, -0.1) is 0 Å². The van der Waals surface area contributed by atoms with E-state index in [-0.39, 0.29) is 22.6 Å². The van der Waals surface area contributed by atoms with E-state index in [0.29, 0.717) is 5.58 Å². The van der Waals surface area contributed by atoms with Crippen molar-refractivity contribution in [1.82, 2.24) is 4.57 Å². The minimum Gasteiger partial charge on any atom is -0.449 e. The molecule has 0 saturated heterocycles. The van der Waals surface area contributed by atoms with E-state index in [9.17, 15) is 14.9 Å².